The highest BCUT2D eigenvalue weighted by Gasteiger charge is 2.11. The van der Waals surface area contributed by atoms with Crippen molar-refractivity contribution in [3.05, 3.63) is 57.6 Å². The Bertz CT molecular complexity index is 645. The molecule has 2 aromatic carbocycles. The molecule has 110 valence electrons. The maximum atomic E-state index is 12.3. The summed E-state index contributed by atoms with van der Waals surface area (Å²) in [6, 6.07) is 11.5. The molecule has 0 spiro atoms. The van der Waals surface area contributed by atoms with Gasteiger partial charge in [0.25, 0.3) is 0 Å². The number of ether oxygens (including phenoxy) is 1. The first kappa shape index (κ1) is 15.6. The third kappa shape index (κ3) is 3.85. The van der Waals surface area contributed by atoms with Gasteiger partial charge in [-0.05, 0) is 43.2 Å². The van der Waals surface area contributed by atoms with Crippen molar-refractivity contribution >= 4 is 27.5 Å². The lowest BCUT2D eigenvalue weighted by atomic mass is 10.1. The third-order valence-electron chi connectivity index (χ3n) is 3.31. The second-order valence-electron chi connectivity index (χ2n) is 4.95. The van der Waals surface area contributed by atoms with Crippen LogP contribution >= 0.6 is 15.9 Å². The number of methoxy groups -OCH3 is 1. The van der Waals surface area contributed by atoms with E-state index in [2.05, 4.69) is 21.2 Å². The van der Waals surface area contributed by atoms with Crippen LogP contribution < -0.4 is 10.1 Å². The van der Waals surface area contributed by atoms with Crippen LogP contribution in [0.2, 0.25) is 0 Å². The second-order valence-corrected chi connectivity index (χ2v) is 5.87. The van der Waals surface area contributed by atoms with Crippen molar-refractivity contribution in [2.45, 2.75) is 20.3 Å². The molecule has 0 fully saturated rings. The Kier molecular flexibility index (Phi) is 5.02. The van der Waals surface area contributed by atoms with Crippen molar-refractivity contribution in [2.75, 3.05) is 12.4 Å². The van der Waals surface area contributed by atoms with Gasteiger partial charge in [0, 0.05) is 15.7 Å². The predicted molar refractivity (Wildman–Crippen MR) is 88.9 cm³/mol. The summed E-state index contributed by atoms with van der Waals surface area (Å²) in [7, 11) is 1.61. The minimum Gasteiger partial charge on any atom is -0.496 e. The molecule has 0 atom stereocenters. The van der Waals surface area contributed by atoms with Crippen LogP contribution in [0.3, 0.4) is 0 Å². The molecule has 0 saturated heterocycles. The van der Waals surface area contributed by atoms with Crippen molar-refractivity contribution in [2.24, 2.45) is 0 Å². The van der Waals surface area contributed by atoms with Gasteiger partial charge >= 0.3 is 0 Å². The van der Waals surface area contributed by atoms with Crippen LogP contribution in [-0.4, -0.2) is 13.0 Å². The van der Waals surface area contributed by atoms with Crippen molar-refractivity contribution in [1.29, 1.82) is 0 Å². The summed E-state index contributed by atoms with van der Waals surface area (Å²) in [4.78, 5) is 12.3. The number of benzene rings is 2. The van der Waals surface area contributed by atoms with Gasteiger partial charge in [-0.25, -0.2) is 0 Å². The van der Waals surface area contributed by atoms with E-state index < -0.39 is 0 Å². The van der Waals surface area contributed by atoms with Crippen LogP contribution in [0.15, 0.2) is 40.9 Å². The molecule has 21 heavy (non-hydrogen) atoms. The standard InChI is InChI=1S/C17H18BrNO2/c1-11-8-14(18)9-12(2)17(11)19-16(20)10-13-6-4-5-7-15(13)21-3/h4-9H,10H2,1-3H3,(H,19,20). The molecule has 0 aromatic heterocycles. The Morgan fingerprint density at radius 3 is 2.43 bits per heavy atom. The molecular formula is C17H18BrNO2. The predicted octanol–water partition coefficient (Wildman–Crippen LogP) is 4.26. The van der Waals surface area contributed by atoms with E-state index in [0.717, 1.165) is 32.6 Å². The molecule has 0 saturated carbocycles. The van der Waals surface area contributed by atoms with E-state index >= 15 is 0 Å². The van der Waals surface area contributed by atoms with Crippen molar-refractivity contribution in [3.63, 3.8) is 0 Å². The number of carbonyl (C=O) groups excluding carboxylic acids is 1. The number of para-hydroxylation sites is 1. The average Bonchev–Trinajstić information content (AvgIpc) is 2.43. The lowest BCUT2D eigenvalue weighted by molar-refractivity contribution is -0.115. The molecular weight excluding hydrogens is 330 g/mol. The minimum absolute atomic E-state index is 0.0481. The number of nitrogens with one attached hydrogen (secondary N) is 1. The summed E-state index contributed by atoms with van der Waals surface area (Å²) in [5.74, 6) is 0.685. The van der Waals surface area contributed by atoms with Crippen LogP contribution in [0.4, 0.5) is 5.69 Å². The highest BCUT2D eigenvalue weighted by Crippen LogP contribution is 2.25. The minimum atomic E-state index is -0.0481. The van der Waals surface area contributed by atoms with Crippen LogP contribution in [0, 0.1) is 13.8 Å². The zero-order chi connectivity index (χ0) is 15.4. The first-order valence-corrected chi connectivity index (χ1v) is 7.49. The van der Waals surface area contributed by atoms with E-state index in [1.165, 1.54) is 0 Å². The number of aryl methyl sites for hydroxylation is 2. The molecule has 0 heterocycles. The fourth-order valence-corrected chi connectivity index (χ4v) is 3.00. The van der Waals surface area contributed by atoms with Gasteiger partial charge < -0.3 is 10.1 Å². The fraction of sp³-hybridized carbons (Fsp3) is 0.235. The molecule has 0 unspecified atom stereocenters. The summed E-state index contributed by atoms with van der Waals surface area (Å²) in [5.41, 5.74) is 3.83. The normalized spacial score (nSPS) is 10.3. The van der Waals surface area contributed by atoms with E-state index in [1.807, 2.05) is 50.2 Å². The van der Waals surface area contributed by atoms with Gasteiger partial charge in [-0.15, -0.1) is 0 Å². The smallest absolute Gasteiger partial charge is 0.228 e. The van der Waals surface area contributed by atoms with Gasteiger partial charge in [-0.3, -0.25) is 4.79 Å². The van der Waals surface area contributed by atoms with Gasteiger partial charge in [0.15, 0.2) is 0 Å². The lowest BCUT2D eigenvalue weighted by Crippen LogP contribution is -2.16. The first-order chi connectivity index (χ1) is 10.0. The average molecular weight is 348 g/mol. The van der Waals surface area contributed by atoms with Crippen LogP contribution in [0.25, 0.3) is 0 Å². The van der Waals surface area contributed by atoms with Gasteiger partial charge in [-0.1, -0.05) is 34.1 Å². The van der Waals surface area contributed by atoms with Crippen molar-refractivity contribution in [3.8, 4) is 5.75 Å². The Hall–Kier alpha value is -1.81. The van der Waals surface area contributed by atoms with Crippen molar-refractivity contribution < 1.29 is 9.53 Å². The summed E-state index contributed by atoms with van der Waals surface area (Å²) in [5, 5.41) is 2.99. The van der Waals surface area contributed by atoms with Gasteiger partial charge in [0.05, 0.1) is 13.5 Å². The Labute approximate surface area is 133 Å². The van der Waals surface area contributed by atoms with Crippen LogP contribution in [0.5, 0.6) is 5.75 Å². The zero-order valence-electron chi connectivity index (χ0n) is 12.4. The zero-order valence-corrected chi connectivity index (χ0v) is 14.0. The fourth-order valence-electron chi connectivity index (χ4n) is 2.31. The maximum absolute atomic E-state index is 12.3. The number of rotatable bonds is 4. The van der Waals surface area contributed by atoms with E-state index in [0.29, 0.717) is 6.42 Å². The topological polar surface area (TPSA) is 38.3 Å². The molecule has 4 heteroatoms. The second kappa shape index (κ2) is 6.76. The molecule has 3 nitrogen and oxygen atoms in total. The quantitative estimate of drug-likeness (QED) is 0.897. The number of hydrogen-bond donors (Lipinski definition) is 1. The highest BCUT2D eigenvalue weighted by atomic mass is 79.9. The summed E-state index contributed by atoms with van der Waals surface area (Å²) < 4.78 is 6.29. The van der Waals surface area contributed by atoms with Gasteiger partial charge in [0.2, 0.25) is 5.91 Å². The molecule has 0 bridgehead atoms. The summed E-state index contributed by atoms with van der Waals surface area (Å²) >= 11 is 3.46. The third-order valence-corrected chi connectivity index (χ3v) is 3.76. The lowest BCUT2D eigenvalue weighted by Gasteiger charge is -2.13. The van der Waals surface area contributed by atoms with Crippen LogP contribution in [-0.2, 0) is 11.2 Å². The summed E-state index contributed by atoms with van der Waals surface area (Å²) in [6.45, 7) is 3.97. The number of halogens is 1. The van der Waals surface area contributed by atoms with Gasteiger partial charge in [-0.2, -0.15) is 0 Å². The number of anilines is 1. The molecule has 2 rings (SSSR count). The molecule has 1 amide bonds. The molecule has 0 aliphatic heterocycles. The molecule has 0 aliphatic carbocycles. The Morgan fingerprint density at radius 1 is 1.19 bits per heavy atom. The Morgan fingerprint density at radius 2 is 1.81 bits per heavy atom. The highest BCUT2D eigenvalue weighted by molar-refractivity contribution is 9.10. The Balaban J connectivity index is 2.16. The number of amides is 1. The largest absolute Gasteiger partial charge is 0.496 e. The first-order valence-electron chi connectivity index (χ1n) is 6.69. The van der Waals surface area contributed by atoms with Crippen molar-refractivity contribution in [1.82, 2.24) is 0 Å². The molecule has 1 N–H and O–H groups in total. The van der Waals surface area contributed by atoms with Crippen LogP contribution in [0.1, 0.15) is 16.7 Å². The molecule has 0 aliphatic rings. The van der Waals surface area contributed by atoms with Gasteiger partial charge in [0.1, 0.15) is 5.75 Å². The number of hydrogen-bond acceptors (Lipinski definition) is 2. The van der Waals surface area contributed by atoms with E-state index in [-0.39, 0.29) is 5.91 Å². The monoisotopic (exact) mass is 347 g/mol. The SMILES string of the molecule is COc1ccccc1CC(=O)Nc1c(C)cc(Br)cc1C. The summed E-state index contributed by atoms with van der Waals surface area (Å²) in [6.07, 6.45) is 0.291. The number of carbonyl (C=O) groups is 1. The van der Waals surface area contributed by atoms with E-state index in [9.17, 15) is 4.79 Å². The molecule has 2 aromatic rings. The van der Waals surface area contributed by atoms with E-state index in [4.69, 9.17) is 4.74 Å². The maximum Gasteiger partial charge on any atom is 0.228 e. The molecule has 0 radical (unpaired) electrons. The van der Waals surface area contributed by atoms with E-state index in [1.54, 1.807) is 7.11 Å².